The minimum atomic E-state index is -0.0966. The standard InChI is InChI=1S/C15H21NO3/c1-11-8-12(5-6-14(11)18-2)10-19-15(17)13-4-3-7-16-9-13/h5-6,8,13,16H,3-4,7,9-10H2,1-2H3. The van der Waals surface area contributed by atoms with Crippen molar-refractivity contribution in [3.63, 3.8) is 0 Å². The van der Waals surface area contributed by atoms with Crippen LogP contribution in [0, 0.1) is 12.8 Å². The monoisotopic (exact) mass is 263 g/mol. The highest BCUT2D eigenvalue weighted by Gasteiger charge is 2.22. The third-order valence-corrected chi connectivity index (χ3v) is 3.47. The molecule has 1 aromatic carbocycles. The maximum Gasteiger partial charge on any atom is 0.310 e. The summed E-state index contributed by atoms with van der Waals surface area (Å²) >= 11 is 0. The third kappa shape index (κ3) is 3.70. The molecule has 1 N–H and O–H groups in total. The van der Waals surface area contributed by atoms with Crippen LogP contribution in [0.4, 0.5) is 0 Å². The first kappa shape index (κ1) is 13.9. The maximum absolute atomic E-state index is 11.9. The fraction of sp³-hybridized carbons (Fsp3) is 0.533. The molecule has 1 saturated heterocycles. The molecule has 1 unspecified atom stereocenters. The Morgan fingerprint density at radius 2 is 2.32 bits per heavy atom. The van der Waals surface area contributed by atoms with Gasteiger partial charge in [-0.1, -0.05) is 6.07 Å². The van der Waals surface area contributed by atoms with Gasteiger partial charge in [-0.05, 0) is 49.6 Å². The lowest BCUT2D eigenvalue weighted by Crippen LogP contribution is -2.35. The predicted octanol–water partition coefficient (Wildman–Crippen LogP) is 2.05. The number of ether oxygens (including phenoxy) is 2. The summed E-state index contributed by atoms with van der Waals surface area (Å²) in [6.45, 7) is 4.05. The molecule has 1 fully saturated rings. The maximum atomic E-state index is 11.9. The Kier molecular flexibility index (Phi) is 4.80. The Balaban J connectivity index is 1.87. The van der Waals surface area contributed by atoms with Crippen molar-refractivity contribution in [1.29, 1.82) is 0 Å². The van der Waals surface area contributed by atoms with Crippen molar-refractivity contribution >= 4 is 5.97 Å². The molecule has 4 heteroatoms. The van der Waals surface area contributed by atoms with Gasteiger partial charge in [0.15, 0.2) is 0 Å². The Morgan fingerprint density at radius 3 is 2.95 bits per heavy atom. The van der Waals surface area contributed by atoms with Gasteiger partial charge < -0.3 is 14.8 Å². The zero-order valence-corrected chi connectivity index (χ0v) is 11.6. The highest BCUT2D eigenvalue weighted by Crippen LogP contribution is 2.19. The van der Waals surface area contributed by atoms with Crippen LogP contribution in [-0.2, 0) is 16.1 Å². The summed E-state index contributed by atoms with van der Waals surface area (Å²) in [4.78, 5) is 11.9. The first-order valence-electron chi connectivity index (χ1n) is 6.71. The molecule has 1 atom stereocenters. The molecule has 0 saturated carbocycles. The van der Waals surface area contributed by atoms with Gasteiger partial charge in [-0.3, -0.25) is 4.79 Å². The van der Waals surface area contributed by atoms with Crippen LogP contribution < -0.4 is 10.1 Å². The number of methoxy groups -OCH3 is 1. The number of benzene rings is 1. The van der Waals surface area contributed by atoms with E-state index >= 15 is 0 Å². The van der Waals surface area contributed by atoms with E-state index in [-0.39, 0.29) is 11.9 Å². The van der Waals surface area contributed by atoms with Gasteiger partial charge in [-0.25, -0.2) is 0 Å². The van der Waals surface area contributed by atoms with Gasteiger partial charge in [0.2, 0.25) is 0 Å². The predicted molar refractivity (Wildman–Crippen MR) is 73.1 cm³/mol. The molecule has 1 aliphatic rings. The molecular formula is C15H21NO3. The molecular weight excluding hydrogens is 242 g/mol. The normalized spacial score (nSPS) is 18.9. The molecule has 0 aromatic heterocycles. The number of hydrogen-bond donors (Lipinski definition) is 1. The Hall–Kier alpha value is -1.55. The molecule has 1 heterocycles. The average molecular weight is 263 g/mol. The second-order valence-corrected chi connectivity index (χ2v) is 4.95. The molecule has 4 nitrogen and oxygen atoms in total. The molecule has 104 valence electrons. The summed E-state index contributed by atoms with van der Waals surface area (Å²) in [7, 11) is 1.65. The smallest absolute Gasteiger partial charge is 0.310 e. The lowest BCUT2D eigenvalue weighted by Gasteiger charge is -2.21. The molecule has 0 radical (unpaired) electrons. The van der Waals surface area contributed by atoms with Crippen LogP contribution in [-0.4, -0.2) is 26.2 Å². The van der Waals surface area contributed by atoms with Crippen LogP contribution in [0.3, 0.4) is 0 Å². The van der Waals surface area contributed by atoms with Crippen molar-refractivity contribution in [2.45, 2.75) is 26.4 Å². The highest BCUT2D eigenvalue weighted by molar-refractivity contribution is 5.72. The first-order chi connectivity index (χ1) is 9.20. The van der Waals surface area contributed by atoms with E-state index < -0.39 is 0 Å². The largest absolute Gasteiger partial charge is 0.496 e. The Bertz CT molecular complexity index is 439. The first-order valence-corrected chi connectivity index (χ1v) is 6.71. The van der Waals surface area contributed by atoms with Crippen LogP contribution in [0.15, 0.2) is 18.2 Å². The van der Waals surface area contributed by atoms with Crippen molar-refractivity contribution < 1.29 is 14.3 Å². The van der Waals surface area contributed by atoms with E-state index in [1.807, 2.05) is 25.1 Å². The summed E-state index contributed by atoms with van der Waals surface area (Å²) in [5, 5.41) is 3.22. The molecule has 1 aliphatic heterocycles. The lowest BCUT2D eigenvalue weighted by atomic mass is 10.0. The van der Waals surface area contributed by atoms with Gasteiger partial charge in [-0.15, -0.1) is 0 Å². The number of nitrogens with one attached hydrogen (secondary N) is 1. The molecule has 2 rings (SSSR count). The lowest BCUT2D eigenvalue weighted by molar-refractivity contribution is -0.150. The van der Waals surface area contributed by atoms with E-state index in [4.69, 9.17) is 9.47 Å². The number of esters is 1. The summed E-state index contributed by atoms with van der Waals surface area (Å²) in [5.74, 6) is 0.764. The van der Waals surface area contributed by atoms with Gasteiger partial charge in [0.1, 0.15) is 12.4 Å². The fourth-order valence-electron chi connectivity index (χ4n) is 2.36. The number of hydrogen-bond acceptors (Lipinski definition) is 4. The van der Waals surface area contributed by atoms with Gasteiger partial charge in [0, 0.05) is 6.54 Å². The molecule has 1 aromatic rings. The third-order valence-electron chi connectivity index (χ3n) is 3.47. The number of carbonyl (C=O) groups is 1. The van der Waals surface area contributed by atoms with Crippen molar-refractivity contribution in [2.24, 2.45) is 5.92 Å². The van der Waals surface area contributed by atoms with Crippen LogP contribution >= 0.6 is 0 Å². The van der Waals surface area contributed by atoms with E-state index in [0.717, 1.165) is 42.8 Å². The van der Waals surface area contributed by atoms with Crippen LogP contribution in [0.25, 0.3) is 0 Å². The molecule has 0 amide bonds. The van der Waals surface area contributed by atoms with Crippen molar-refractivity contribution in [1.82, 2.24) is 5.32 Å². The van der Waals surface area contributed by atoms with E-state index in [0.29, 0.717) is 6.61 Å². The van der Waals surface area contributed by atoms with Crippen LogP contribution in [0.5, 0.6) is 5.75 Å². The summed E-state index contributed by atoms with van der Waals surface area (Å²) in [5.41, 5.74) is 2.05. The van der Waals surface area contributed by atoms with Gasteiger partial charge >= 0.3 is 5.97 Å². The molecule has 0 spiro atoms. The molecule has 0 aliphatic carbocycles. The van der Waals surface area contributed by atoms with E-state index in [2.05, 4.69) is 5.32 Å². The van der Waals surface area contributed by atoms with E-state index in [1.54, 1.807) is 7.11 Å². The van der Waals surface area contributed by atoms with Gasteiger partial charge in [0.05, 0.1) is 13.0 Å². The second kappa shape index (κ2) is 6.57. The summed E-state index contributed by atoms with van der Waals surface area (Å²) < 4.78 is 10.6. The highest BCUT2D eigenvalue weighted by atomic mass is 16.5. The average Bonchev–Trinajstić information content (AvgIpc) is 2.46. The number of rotatable bonds is 4. The summed E-state index contributed by atoms with van der Waals surface area (Å²) in [6, 6.07) is 5.82. The fourth-order valence-corrected chi connectivity index (χ4v) is 2.36. The zero-order valence-electron chi connectivity index (χ0n) is 11.6. The number of piperidine rings is 1. The van der Waals surface area contributed by atoms with Crippen molar-refractivity contribution in [3.05, 3.63) is 29.3 Å². The number of carbonyl (C=O) groups excluding carboxylic acids is 1. The van der Waals surface area contributed by atoms with Crippen molar-refractivity contribution in [3.8, 4) is 5.75 Å². The van der Waals surface area contributed by atoms with E-state index in [9.17, 15) is 4.79 Å². The quantitative estimate of drug-likeness (QED) is 0.845. The topological polar surface area (TPSA) is 47.6 Å². The van der Waals surface area contributed by atoms with Gasteiger partial charge in [-0.2, -0.15) is 0 Å². The SMILES string of the molecule is COc1ccc(COC(=O)C2CCCNC2)cc1C. The zero-order chi connectivity index (χ0) is 13.7. The van der Waals surface area contributed by atoms with Crippen LogP contribution in [0.1, 0.15) is 24.0 Å². The Morgan fingerprint density at radius 1 is 1.47 bits per heavy atom. The van der Waals surface area contributed by atoms with E-state index in [1.165, 1.54) is 0 Å². The minimum absolute atomic E-state index is 0.00750. The molecule has 0 bridgehead atoms. The van der Waals surface area contributed by atoms with Gasteiger partial charge in [0.25, 0.3) is 0 Å². The Labute approximate surface area is 114 Å². The minimum Gasteiger partial charge on any atom is -0.496 e. The molecule has 19 heavy (non-hydrogen) atoms. The summed E-state index contributed by atoms with van der Waals surface area (Å²) in [6.07, 6.45) is 1.97. The van der Waals surface area contributed by atoms with Crippen molar-refractivity contribution in [2.75, 3.05) is 20.2 Å². The number of aryl methyl sites for hydroxylation is 1. The van der Waals surface area contributed by atoms with Crippen LogP contribution in [0.2, 0.25) is 0 Å². The second-order valence-electron chi connectivity index (χ2n) is 4.95.